The van der Waals surface area contributed by atoms with Gasteiger partial charge in [-0.05, 0) is 67.6 Å². The van der Waals surface area contributed by atoms with Gasteiger partial charge >= 0.3 is 0 Å². The van der Waals surface area contributed by atoms with Crippen molar-refractivity contribution >= 4 is 26.0 Å². The summed E-state index contributed by atoms with van der Waals surface area (Å²) >= 11 is 0. The number of carbonyl (C=O) groups excluding carboxylic acids is 1. The molecule has 0 saturated carbocycles. The third-order valence-corrected chi connectivity index (χ3v) is 10.3. The minimum absolute atomic E-state index is 0.000413. The average Bonchev–Trinajstić information content (AvgIpc) is 2.88. The number of carbonyl (C=O) groups is 1. The molecule has 2 saturated heterocycles. The molecule has 1 N–H and O–H groups in total. The molecule has 1 atom stereocenters. The number of nitrogens with zero attached hydrogens (tertiary/aromatic N) is 2. The summed E-state index contributed by atoms with van der Waals surface area (Å²) < 4.78 is 67.3. The summed E-state index contributed by atoms with van der Waals surface area (Å²) in [5, 5.41) is 2.84. The largest absolute Gasteiger partial charge is 0.352 e. The summed E-state index contributed by atoms with van der Waals surface area (Å²) in [4.78, 5) is 13.0. The van der Waals surface area contributed by atoms with Crippen molar-refractivity contribution in [1.29, 1.82) is 0 Å². The predicted octanol–water partition coefficient (Wildman–Crippen LogP) is 2.72. The van der Waals surface area contributed by atoms with Crippen molar-refractivity contribution in [2.45, 2.75) is 48.4 Å². The van der Waals surface area contributed by atoms with E-state index in [1.165, 1.54) is 20.7 Å². The number of hydrogen-bond donors (Lipinski definition) is 1. The lowest BCUT2D eigenvalue weighted by Gasteiger charge is -2.31. The molecule has 8 nitrogen and oxygen atoms in total. The summed E-state index contributed by atoms with van der Waals surface area (Å²) in [5.41, 5.74) is 0.752. The minimum atomic E-state index is -3.81. The molecule has 4 rings (SSSR count). The fraction of sp³-hybridized carbons (Fsp3) is 0.458. The quantitative estimate of drug-likeness (QED) is 0.601. The van der Waals surface area contributed by atoms with Crippen LogP contribution < -0.4 is 5.32 Å². The van der Waals surface area contributed by atoms with Gasteiger partial charge in [-0.15, -0.1) is 0 Å². The smallest absolute Gasteiger partial charge is 0.243 e. The van der Waals surface area contributed by atoms with E-state index in [2.05, 4.69) is 5.32 Å². The van der Waals surface area contributed by atoms with Crippen molar-refractivity contribution < 1.29 is 26.0 Å². The second-order valence-corrected chi connectivity index (χ2v) is 12.9. The summed E-state index contributed by atoms with van der Waals surface area (Å²) in [6.07, 6.45) is 3.89. The van der Waals surface area contributed by atoms with Gasteiger partial charge < -0.3 is 5.32 Å². The van der Waals surface area contributed by atoms with Gasteiger partial charge in [0.15, 0.2) is 0 Å². The van der Waals surface area contributed by atoms with Gasteiger partial charge in [-0.25, -0.2) is 21.2 Å². The number of benzene rings is 2. The van der Waals surface area contributed by atoms with Gasteiger partial charge in [-0.3, -0.25) is 4.79 Å². The minimum Gasteiger partial charge on any atom is -0.352 e. The first kappa shape index (κ1) is 25.7. The van der Waals surface area contributed by atoms with E-state index in [1.54, 1.807) is 24.3 Å². The number of amides is 1. The molecule has 0 radical (unpaired) electrons. The highest BCUT2D eigenvalue weighted by molar-refractivity contribution is 7.89. The maximum atomic E-state index is 13.2. The number of piperidine rings is 2. The van der Waals surface area contributed by atoms with Gasteiger partial charge in [0, 0.05) is 32.7 Å². The van der Waals surface area contributed by atoms with Crippen LogP contribution in [-0.4, -0.2) is 57.5 Å². The average molecular weight is 524 g/mol. The van der Waals surface area contributed by atoms with E-state index in [1.807, 2.05) is 0 Å². The van der Waals surface area contributed by atoms with Crippen LogP contribution in [0.25, 0.3) is 0 Å². The van der Waals surface area contributed by atoms with Gasteiger partial charge in [-0.1, -0.05) is 18.6 Å². The lowest BCUT2D eigenvalue weighted by atomic mass is 9.99. The van der Waals surface area contributed by atoms with Crippen LogP contribution in [0.2, 0.25) is 0 Å². The Labute approximate surface area is 206 Å². The Morgan fingerprint density at radius 3 is 1.97 bits per heavy atom. The third kappa shape index (κ3) is 5.91. The number of rotatable bonds is 7. The van der Waals surface area contributed by atoms with E-state index < -0.39 is 31.8 Å². The van der Waals surface area contributed by atoms with E-state index in [-0.39, 0.29) is 28.8 Å². The molecule has 0 unspecified atom stereocenters. The molecule has 1 amide bonds. The maximum Gasteiger partial charge on any atom is 0.243 e. The summed E-state index contributed by atoms with van der Waals surface area (Å²) in [6, 6.07) is 11.1. The van der Waals surface area contributed by atoms with Gasteiger partial charge in [0.05, 0.1) is 15.7 Å². The molecule has 35 heavy (non-hydrogen) atoms. The monoisotopic (exact) mass is 523 g/mol. The standard InChI is InChI=1S/C24H30FN3O5S2/c25-21-8-12-23(13-9-21)35(32,33)28-16-4-5-20(18-28)24(29)26-17-19-6-10-22(11-7-19)34(30,31)27-14-2-1-3-15-27/h6-13,20H,1-5,14-18H2,(H,26,29)/t20-/m1/s1. The van der Waals surface area contributed by atoms with Crippen LogP contribution in [0, 0.1) is 11.7 Å². The second kappa shape index (κ2) is 10.7. The van der Waals surface area contributed by atoms with Crippen molar-refractivity contribution in [3.8, 4) is 0 Å². The number of sulfonamides is 2. The molecule has 0 bridgehead atoms. The Morgan fingerprint density at radius 2 is 1.34 bits per heavy atom. The zero-order valence-electron chi connectivity index (χ0n) is 19.4. The van der Waals surface area contributed by atoms with E-state index in [0.29, 0.717) is 32.5 Å². The van der Waals surface area contributed by atoms with Gasteiger partial charge in [-0.2, -0.15) is 8.61 Å². The fourth-order valence-corrected chi connectivity index (χ4v) is 7.54. The molecule has 2 fully saturated rings. The molecule has 0 aliphatic carbocycles. The van der Waals surface area contributed by atoms with E-state index in [4.69, 9.17) is 0 Å². The Hall–Kier alpha value is -2.34. The van der Waals surface area contributed by atoms with E-state index in [0.717, 1.165) is 37.0 Å². The molecule has 190 valence electrons. The molecule has 2 aromatic carbocycles. The second-order valence-electron chi connectivity index (χ2n) is 8.98. The van der Waals surface area contributed by atoms with Crippen LogP contribution in [0.4, 0.5) is 4.39 Å². The Kier molecular flexibility index (Phi) is 7.89. The molecule has 2 aliphatic rings. The Morgan fingerprint density at radius 1 is 0.800 bits per heavy atom. The van der Waals surface area contributed by atoms with Crippen molar-refractivity contribution in [2.75, 3.05) is 26.2 Å². The van der Waals surface area contributed by atoms with Gasteiger partial charge in [0.25, 0.3) is 0 Å². The normalized spacial score (nSPS) is 20.4. The molecule has 2 aliphatic heterocycles. The number of halogens is 1. The topological polar surface area (TPSA) is 104 Å². The van der Waals surface area contributed by atoms with Crippen LogP contribution in [0.15, 0.2) is 58.3 Å². The molecular weight excluding hydrogens is 493 g/mol. The number of hydrogen-bond acceptors (Lipinski definition) is 5. The first-order valence-corrected chi connectivity index (χ1v) is 14.7. The zero-order chi connectivity index (χ0) is 25.1. The van der Waals surface area contributed by atoms with Gasteiger partial charge in [0.1, 0.15) is 5.82 Å². The zero-order valence-corrected chi connectivity index (χ0v) is 21.0. The lowest BCUT2D eigenvalue weighted by molar-refractivity contribution is -0.126. The van der Waals surface area contributed by atoms with Crippen LogP contribution >= 0.6 is 0 Å². The molecular formula is C24H30FN3O5S2. The predicted molar refractivity (Wildman–Crippen MR) is 129 cm³/mol. The van der Waals surface area contributed by atoms with Crippen LogP contribution in [0.3, 0.4) is 0 Å². The highest BCUT2D eigenvalue weighted by atomic mass is 32.2. The SMILES string of the molecule is O=C(NCc1ccc(S(=O)(=O)N2CCCCC2)cc1)[C@@H]1CCCN(S(=O)(=O)c2ccc(F)cc2)C1. The first-order valence-electron chi connectivity index (χ1n) is 11.8. The van der Waals surface area contributed by atoms with Crippen molar-refractivity contribution in [3.63, 3.8) is 0 Å². The fourth-order valence-electron chi connectivity index (χ4n) is 4.50. The van der Waals surface area contributed by atoms with Crippen molar-refractivity contribution in [3.05, 3.63) is 59.9 Å². The van der Waals surface area contributed by atoms with Crippen molar-refractivity contribution in [2.24, 2.45) is 5.92 Å². The van der Waals surface area contributed by atoms with Crippen LogP contribution in [0.1, 0.15) is 37.7 Å². The Bertz CT molecular complexity index is 1240. The molecule has 11 heteroatoms. The number of nitrogens with one attached hydrogen (secondary N) is 1. The Balaban J connectivity index is 1.34. The van der Waals surface area contributed by atoms with E-state index in [9.17, 15) is 26.0 Å². The van der Waals surface area contributed by atoms with Crippen LogP contribution in [-0.2, 0) is 31.4 Å². The molecule has 2 heterocycles. The molecule has 0 aromatic heterocycles. The maximum absolute atomic E-state index is 13.2. The lowest BCUT2D eigenvalue weighted by Crippen LogP contribution is -2.45. The third-order valence-electron chi connectivity index (χ3n) is 6.55. The first-order chi connectivity index (χ1) is 16.7. The van der Waals surface area contributed by atoms with Crippen molar-refractivity contribution in [1.82, 2.24) is 13.9 Å². The van der Waals surface area contributed by atoms with E-state index >= 15 is 0 Å². The highest BCUT2D eigenvalue weighted by Gasteiger charge is 2.33. The molecule has 2 aromatic rings. The summed E-state index contributed by atoms with van der Waals surface area (Å²) in [6.45, 7) is 1.64. The summed E-state index contributed by atoms with van der Waals surface area (Å²) in [7, 11) is -7.32. The van der Waals surface area contributed by atoms with Crippen LogP contribution in [0.5, 0.6) is 0 Å². The summed E-state index contributed by atoms with van der Waals surface area (Å²) in [5.74, 6) is -1.27. The van der Waals surface area contributed by atoms with Gasteiger partial charge in [0.2, 0.25) is 26.0 Å². The molecule has 0 spiro atoms. The highest BCUT2D eigenvalue weighted by Crippen LogP contribution is 2.25.